The number of hydrogen-bond acceptors (Lipinski definition) is 9. The molecular formula is C22H30N6O10. The molecule has 0 aliphatic carbocycles. The number of hydrogen-bond donors (Lipinski definition) is 9. The number of primary amides is 2. The largest absolute Gasteiger partial charge is 0.508 e. The Hall–Kier alpha value is -4.73. The number of carboxylic acid groups (broad SMARTS) is 2. The third kappa shape index (κ3) is 11.3. The Morgan fingerprint density at radius 3 is 1.76 bits per heavy atom. The molecule has 0 bridgehead atoms. The van der Waals surface area contributed by atoms with Crippen LogP contribution in [0.15, 0.2) is 24.3 Å². The van der Waals surface area contributed by atoms with E-state index in [2.05, 4.69) is 16.0 Å². The fraction of sp³-hybridized carbons (Fsp3) is 0.409. The first-order valence-corrected chi connectivity index (χ1v) is 11.1. The Bertz CT molecular complexity index is 1060. The van der Waals surface area contributed by atoms with E-state index in [4.69, 9.17) is 22.3 Å². The van der Waals surface area contributed by atoms with Crippen molar-refractivity contribution >= 4 is 41.5 Å². The number of aliphatic carboxylic acids is 2. The number of aromatic hydroxyl groups is 1. The molecule has 0 spiro atoms. The maximum absolute atomic E-state index is 12.9. The minimum absolute atomic E-state index is 0.0579. The highest BCUT2D eigenvalue weighted by molar-refractivity contribution is 5.96. The van der Waals surface area contributed by atoms with E-state index in [1.165, 1.54) is 24.3 Å². The SMILES string of the molecule is NC(=O)CCC(NC(=O)C(CC(=O)O)NC(=O)C(N)CC(N)=O)C(=O)NC(Cc1ccc(O)cc1)C(=O)O. The van der Waals surface area contributed by atoms with Gasteiger partial charge in [0.15, 0.2) is 0 Å². The second kappa shape index (κ2) is 14.7. The van der Waals surface area contributed by atoms with Crippen molar-refractivity contribution in [1.29, 1.82) is 0 Å². The lowest BCUT2D eigenvalue weighted by Crippen LogP contribution is -2.58. The number of rotatable bonds is 16. The predicted octanol–water partition coefficient (Wildman–Crippen LogP) is -3.58. The molecule has 208 valence electrons. The van der Waals surface area contributed by atoms with Gasteiger partial charge in [-0.2, -0.15) is 0 Å². The first kappa shape index (κ1) is 31.3. The third-order valence-electron chi connectivity index (χ3n) is 5.07. The topological polar surface area (TPSA) is 294 Å². The minimum atomic E-state index is -1.75. The summed E-state index contributed by atoms with van der Waals surface area (Å²) in [4.78, 5) is 83.1. The molecule has 0 aliphatic rings. The number of amides is 5. The van der Waals surface area contributed by atoms with Crippen LogP contribution in [-0.4, -0.2) is 81.0 Å². The molecule has 5 amide bonds. The summed E-state index contributed by atoms with van der Waals surface area (Å²) in [6, 6.07) is -0.768. The average Bonchev–Trinajstić information content (AvgIpc) is 2.80. The van der Waals surface area contributed by atoms with Crippen LogP contribution in [0.2, 0.25) is 0 Å². The van der Waals surface area contributed by atoms with Crippen LogP contribution in [0.1, 0.15) is 31.2 Å². The van der Waals surface area contributed by atoms with Crippen LogP contribution in [0.4, 0.5) is 0 Å². The molecule has 16 nitrogen and oxygen atoms in total. The van der Waals surface area contributed by atoms with Gasteiger partial charge in [-0.3, -0.25) is 28.8 Å². The maximum Gasteiger partial charge on any atom is 0.326 e. The monoisotopic (exact) mass is 538 g/mol. The Labute approximate surface area is 215 Å². The Morgan fingerprint density at radius 2 is 1.26 bits per heavy atom. The fourth-order valence-corrected chi connectivity index (χ4v) is 3.14. The summed E-state index contributed by atoms with van der Waals surface area (Å²) in [5, 5.41) is 34.5. The van der Waals surface area contributed by atoms with Gasteiger partial charge >= 0.3 is 11.9 Å². The first-order valence-electron chi connectivity index (χ1n) is 11.1. The third-order valence-corrected chi connectivity index (χ3v) is 5.07. The van der Waals surface area contributed by atoms with Crippen molar-refractivity contribution in [1.82, 2.24) is 16.0 Å². The summed E-state index contributed by atoms with van der Waals surface area (Å²) in [7, 11) is 0. The molecule has 0 aromatic heterocycles. The molecule has 0 aliphatic heterocycles. The highest BCUT2D eigenvalue weighted by Crippen LogP contribution is 2.12. The van der Waals surface area contributed by atoms with E-state index >= 15 is 0 Å². The van der Waals surface area contributed by atoms with Crippen LogP contribution in [-0.2, 0) is 40.0 Å². The van der Waals surface area contributed by atoms with E-state index in [0.29, 0.717) is 5.56 Å². The van der Waals surface area contributed by atoms with E-state index < -0.39 is 84.9 Å². The number of benzene rings is 1. The molecule has 0 heterocycles. The van der Waals surface area contributed by atoms with E-state index in [0.717, 1.165) is 0 Å². The molecule has 16 heteroatoms. The van der Waals surface area contributed by atoms with Gasteiger partial charge in [0.25, 0.3) is 0 Å². The van der Waals surface area contributed by atoms with Crippen LogP contribution < -0.4 is 33.2 Å². The van der Waals surface area contributed by atoms with Gasteiger partial charge in [0, 0.05) is 12.8 Å². The summed E-state index contributed by atoms with van der Waals surface area (Å²) in [5.41, 5.74) is 16.0. The average molecular weight is 539 g/mol. The van der Waals surface area contributed by atoms with Crippen molar-refractivity contribution in [3.8, 4) is 5.75 Å². The lowest BCUT2D eigenvalue weighted by atomic mass is 10.0. The molecule has 1 aromatic rings. The number of carboxylic acids is 2. The predicted molar refractivity (Wildman–Crippen MR) is 128 cm³/mol. The van der Waals surface area contributed by atoms with Gasteiger partial charge in [-0.15, -0.1) is 0 Å². The summed E-state index contributed by atoms with van der Waals surface area (Å²) in [6.07, 6.45) is -2.52. The molecule has 1 rings (SSSR count). The number of carbonyl (C=O) groups excluding carboxylic acids is 5. The standard InChI is InChI=1S/C22H30N6O10/c23-12(8-17(25)31)19(34)27-14(9-18(32)33)21(36)26-13(5-6-16(24)30)20(35)28-15(22(37)38)7-10-1-3-11(29)4-2-10/h1-4,12-15,29H,5-9,23H2,(H2,24,30)(H2,25,31)(H,26,36)(H,27,34)(H,28,35)(H,32,33)(H,37,38). The molecule has 4 atom stereocenters. The van der Waals surface area contributed by atoms with Crippen molar-refractivity contribution in [3.63, 3.8) is 0 Å². The smallest absolute Gasteiger partial charge is 0.326 e. The maximum atomic E-state index is 12.9. The molecule has 0 fully saturated rings. The molecule has 38 heavy (non-hydrogen) atoms. The van der Waals surface area contributed by atoms with Crippen LogP contribution in [0.3, 0.4) is 0 Å². The minimum Gasteiger partial charge on any atom is -0.508 e. The quantitative estimate of drug-likeness (QED) is 0.0990. The number of carbonyl (C=O) groups is 7. The van der Waals surface area contributed by atoms with E-state index in [-0.39, 0.29) is 18.6 Å². The zero-order chi connectivity index (χ0) is 29.0. The normalized spacial score (nSPS) is 13.7. The van der Waals surface area contributed by atoms with Crippen LogP contribution in [0, 0.1) is 0 Å². The van der Waals surface area contributed by atoms with Crippen molar-refractivity contribution in [3.05, 3.63) is 29.8 Å². The molecule has 12 N–H and O–H groups in total. The molecule has 0 saturated carbocycles. The van der Waals surface area contributed by atoms with E-state index in [9.17, 15) is 43.8 Å². The van der Waals surface area contributed by atoms with Crippen LogP contribution in [0.25, 0.3) is 0 Å². The molecule has 1 aromatic carbocycles. The van der Waals surface area contributed by atoms with Crippen molar-refractivity contribution in [2.75, 3.05) is 0 Å². The second-order valence-electron chi connectivity index (χ2n) is 8.27. The first-order chi connectivity index (χ1) is 17.7. The van der Waals surface area contributed by atoms with E-state index in [1.807, 2.05) is 0 Å². The highest BCUT2D eigenvalue weighted by Gasteiger charge is 2.32. The summed E-state index contributed by atoms with van der Waals surface area (Å²) >= 11 is 0. The van der Waals surface area contributed by atoms with Crippen LogP contribution in [0.5, 0.6) is 5.75 Å². The number of phenols is 1. The van der Waals surface area contributed by atoms with E-state index in [1.54, 1.807) is 0 Å². The lowest BCUT2D eigenvalue weighted by molar-refractivity contribution is -0.143. The van der Waals surface area contributed by atoms with Crippen molar-refractivity contribution in [2.45, 2.75) is 56.3 Å². The van der Waals surface area contributed by atoms with Gasteiger partial charge in [-0.25, -0.2) is 4.79 Å². The summed E-state index contributed by atoms with van der Waals surface area (Å²) in [5.74, 6) is -8.02. The number of nitrogens with two attached hydrogens (primary N) is 3. The molecule has 0 saturated heterocycles. The molecule has 4 unspecified atom stereocenters. The Morgan fingerprint density at radius 1 is 0.737 bits per heavy atom. The lowest BCUT2D eigenvalue weighted by Gasteiger charge is -2.24. The van der Waals surface area contributed by atoms with Gasteiger partial charge in [0.1, 0.15) is 23.9 Å². The number of phenolic OH excluding ortho intramolecular Hbond substituents is 1. The van der Waals surface area contributed by atoms with Gasteiger partial charge < -0.3 is 48.5 Å². The summed E-state index contributed by atoms with van der Waals surface area (Å²) in [6.45, 7) is 0. The molecular weight excluding hydrogens is 508 g/mol. The number of nitrogens with one attached hydrogen (secondary N) is 3. The van der Waals surface area contributed by atoms with Gasteiger partial charge in [0.2, 0.25) is 29.5 Å². The fourth-order valence-electron chi connectivity index (χ4n) is 3.14. The van der Waals surface area contributed by atoms with Gasteiger partial charge in [-0.1, -0.05) is 12.1 Å². The zero-order valence-electron chi connectivity index (χ0n) is 20.1. The second-order valence-corrected chi connectivity index (χ2v) is 8.27. The Balaban J connectivity index is 3.07. The summed E-state index contributed by atoms with van der Waals surface area (Å²) < 4.78 is 0. The zero-order valence-corrected chi connectivity index (χ0v) is 20.1. The molecule has 0 radical (unpaired) electrons. The highest BCUT2D eigenvalue weighted by atomic mass is 16.4. The van der Waals surface area contributed by atoms with Crippen molar-refractivity contribution < 1.29 is 48.9 Å². The van der Waals surface area contributed by atoms with Gasteiger partial charge in [-0.05, 0) is 24.1 Å². The Kier molecular flexibility index (Phi) is 12.1. The van der Waals surface area contributed by atoms with Crippen LogP contribution >= 0.6 is 0 Å². The van der Waals surface area contributed by atoms with Gasteiger partial charge in [0.05, 0.1) is 18.9 Å². The van der Waals surface area contributed by atoms with Crippen molar-refractivity contribution in [2.24, 2.45) is 17.2 Å².